The lowest BCUT2D eigenvalue weighted by Gasteiger charge is -2.35. The predicted molar refractivity (Wildman–Crippen MR) is 74.1 cm³/mol. The number of carboxylic acids is 1. The summed E-state index contributed by atoms with van der Waals surface area (Å²) in [5.74, 6) is -1.35. The van der Waals surface area contributed by atoms with Crippen molar-refractivity contribution in [2.75, 3.05) is 11.9 Å². The molecule has 0 aliphatic rings. The first-order chi connectivity index (χ1) is 9.20. The molecule has 5 nitrogen and oxygen atoms in total. The van der Waals surface area contributed by atoms with Gasteiger partial charge in [-0.15, -0.1) is 0 Å². The lowest BCUT2D eigenvalue weighted by Crippen LogP contribution is -2.48. The van der Waals surface area contributed by atoms with Crippen molar-refractivity contribution in [3.05, 3.63) is 30.1 Å². The molecule has 0 spiro atoms. The number of carbonyl (C=O) groups excluding carboxylic acids is 1. The van der Waals surface area contributed by atoms with E-state index in [4.69, 9.17) is 5.11 Å². The summed E-state index contributed by atoms with van der Waals surface area (Å²) in [5, 5.41) is 11.4. The third-order valence-electron chi connectivity index (χ3n) is 2.70. The lowest BCUT2D eigenvalue weighted by molar-refractivity contribution is -0.137. The molecule has 0 bridgehead atoms. The second-order valence-corrected chi connectivity index (χ2v) is 5.40. The Kier molecular flexibility index (Phi) is 5.07. The van der Waals surface area contributed by atoms with Gasteiger partial charge < -0.3 is 15.3 Å². The summed E-state index contributed by atoms with van der Waals surface area (Å²) in [6.45, 7) is 5.56. The summed E-state index contributed by atoms with van der Waals surface area (Å²) >= 11 is 0. The van der Waals surface area contributed by atoms with Crippen molar-refractivity contribution in [3.8, 4) is 0 Å². The molecule has 1 rings (SSSR count). The molecule has 2 amide bonds. The first kappa shape index (κ1) is 15.9. The number of halogens is 1. The number of carboxylic acid groups (broad SMARTS) is 1. The van der Waals surface area contributed by atoms with Crippen LogP contribution >= 0.6 is 0 Å². The fraction of sp³-hybridized carbons (Fsp3) is 0.429. The first-order valence-corrected chi connectivity index (χ1v) is 6.26. The number of hydrogen-bond acceptors (Lipinski definition) is 2. The maximum atomic E-state index is 12.8. The van der Waals surface area contributed by atoms with Crippen LogP contribution in [0.2, 0.25) is 0 Å². The minimum Gasteiger partial charge on any atom is -0.481 e. The fourth-order valence-corrected chi connectivity index (χ4v) is 1.67. The van der Waals surface area contributed by atoms with Crippen LogP contribution in [-0.4, -0.2) is 34.1 Å². The molecular formula is C14H19FN2O3. The number of hydrogen-bond donors (Lipinski definition) is 2. The van der Waals surface area contributed by atoms with Gasteiger partial charge in [0.05, 0.1) is 6.42 Å². The van der Waals surface area contributed by atoms with E-state index in [1.165, 1.54) is 29.2 Å². The summed E-state index contributed by atoms with van der Waals surface area (Å²) in [7, 11) is 0. The Bertz CT molecular complexity index is 480. The fourth-order valence-electron chi connectivity index (χ4n) is 1.67. The smallest absolute Gasteiger partial charge is 0.322 e. The monoisotopic (exact) mass is 282 g/mol. The molecular weight excluding hydrogens is 263 g/mol. The average molecular weight is 282 g/mol. The maximum absolute atomic E-state index is 12.8. The van der Waals surface area contributed by atoms with E-state index in [1.54, 1.807) is 0 Å². The minimum absolute atomic E-state index is 0.103. The molecule has 0 atom stereocenters. The zero-order valence-corrected chi connectivity index (χ0v) is 11.8. The van der Waals surface area contributed by atoms with Gasteiger partial charge in [0.15, 0.2) is 0 Å². The van der Waals surface area contributed by atoms with Crippen LogP contribution in [0, 0.1) is 5.82 Å². The number of amides is 2. The number of anilines is 1. The number of benzene rings is 1. The number of urea groups is 1. The van der Waals surface area contributed by atoms with Crippen LogP contribution in [0.3, 0.4) is 0 Å². The van der Waals surface area contributed by atoms with Gasteiger partial charge in [-0.05, 0) is 45.0 Å². The molecule has 2 N–H and O–H groups in total. The lowest BCUT2D eigenvalue weighted by atomic mass is 10.1. The quantitative estimate of drug-likeness (QED) is 0.892. The Morgan fingerprint density at radius 2 is 1.80 bits per heavy atom. The highest BCUT2D eigenvalue weighted by molar-refractivity contribution is 5.90. The molecule has 0 saturated carbocycles. The first-order valence-electron chi connectivity index (χ1n) is 6.26. The van der Waals surface area contributed by atoms with Gasteiger partial charge in [-0.1, -0.05) is 0 Å². The van der Waals surface area contributed by atoms with Gasteiger partial charge >= 0.3 is 12.0 Å². The molecule has 110 valence electrons. The van der Waals surface area contributed by atoms with Crippen molar-refractivity contribution >= 4 is 17.7 Å². The van der Waals surface area contributed by atoms with Crippen LogP contribution in [0.15, 0.2) is 24.3 Å². The number of carbonyl (C=O) groups is 2. The highest BCUT2D eigenvalue weighted by atomic mass is 19.1. The zero-order chi connectivity index (χ0) is 15.3. The van der Waals surface area contributed by atoms with Crippen LogP contribution in [-0.2, 0) is 4.79 Å². The van der Waals surface area contributed by atoms with Crippen molar-refractivity contribution in [2.45, 2.75) is 32.7 Å². The van der Waals surface area contributed by atoms with Crippen molar-refractivity contribution in [3.63, 3.8) is 0 Å². The molecule has 0 unspecified atom stereocenters. The molecule has 0 radical (unpaired) electrons. The molecule has 0 aliphatic carbocycles. The highest BCUT2D eigenvalue weighted by Gasteiger charge is 2.26. The number of nitrogens with zero attached hydrogens (tertiary/aromatic N) is 1. The topological polar surface area (TPSA) is 69.6 Å². The summed E-state index contributed by atoms with van der Waals surface area (Å²) in [5.41, 5.74) is -0.0551. The van der Waals surface area contributed by atoms with E-state index in [0.717, 1.165) is 0 Å². The average Bonchev–Trinajstić information content (AvgIpc) is 2.30. The van der Waals surface area contributed by atoms with E-state index < -0.39 is 17.5 Å². The Morgan fingerprint density at radius 1 is 1.25 bits per heavy atom. The highest BCUT2D eigenvalue weighted by Crippen LogP contribution is 2.17. The molecule has 20 heavy (non-hydrogen) atoms. The van der Waals surface area contributed by atoms with Gasteiger partial charge in [-0.3, -0.25) is 4.79 Å². The normalized spacial score (nSPS) is 11.0. The molecule has 0 heterocycles. The number of nitrogens with one attached hydrogen (secondary N) is 1. The molecule has 1 aromatic rings. The third-order valence-corrected chi connectivity index (χ3v) is 2.70. The minimum atomic E-state index is -0.964. The largest absolute Gasteiger partial charge is 0.481 e. The standard InChI is InChI=1S/C14H19FN2O3/c1-14(2,3)17(9-8-12(18)19)13(20)16-11-6-4-10(15)5-7-11/h4-7H,8-9H2,1-3H3,(H,16,20)(H,18,19). The van der Waals surface area contributed by atoms with Crippen LogP contribution in [0.4, 0.5) is 14.9 Å². The second-order valence-electron chi connectivity index (χ2n) is 5.40. The van der Waals surface area contributed by atoms with Gasteiger partial charge in [0.1, 0.15) is 5.82 Å². The van der Waals surface area contributed by atoms with Crippen molar-refractivity contribution in [2.24, 2.45) is 0 Å². The van der Waals surface area contributed by atoms with Crippen LogP contribution in [0.1, 0.15) is 27.2 Å². The molecule has 6 heteroatoms. The van der Waals surface area contributed by atoms with E-state index in [9.17, 15) is 14.0 Å². The molecule has 0 saturated heterocycles. The van der Waals surface area contributed by atoms with Crippen LogP contribution in [0.25, 0.3) is 0 Å². The molecule has 0 aliphatic heterocycles. The van der Waals surface area contributed by atoms with Gasteiger partial charge in [0, 0.05) is 17.8 Å². The Balaban J connectivity index is 2.77. The molecule has 1 aromatic carbocycles. The van der Waals surface area contributed by atoms with Gasteiger partial charge in [0.2, 0.25) is 0 Å². The third kappa shape index (κ3) is 4.87. The number of aliphatic carboxylic acids is 1. The van der Waals surface area contributed by atoms with E-state index in [-0.39, 0.29) is 18.8 Å². The van der Waals surface area contributed by atoms with Crippen molar-refractivity contribution in [1.82, 2.24) is 4.90 Å². The Hall–Kier alpha value is -2.11. The van der Waals surface area contributed by atoms with Crippen LogP contribution in [0.5, 0.6) is 0 Å². The van der Waals surface area contributed by atoms with E-state index in [2.05, 4.69) is 5.32 Å². The molecule has 0 fully saturated rings. The Morgan fingerprint density at radius 3 is 2.25 bits per heavy atom. The van der Waals surface area contributed by atoms with Gasteiger partial charge in [0.25, 0.3) is 0 Å². The van der Waals surface area contributed by atoms with Gasteiger partial charge in [-0.25, -0.2) is 9.18 Å². The summed E-state index contributed by atoms with van der Waals surface area (Å²) in [6.07, 6.45) is -0.131. The predicted octanol–water partition coefficient (Wildman–Crippen LogP) is 2.93. The summed E-state index contributed by atoms with van der Waals surface area (Å²) < 4.78 is 12.8. The van der Waals surface area contributed by atoms with Crippen LogP contribution < -0.4 is 5.32 Å². The summed E-state index contributed by atoms with van der Waals surface area (Å²) in [6, 6.07) is 4.98. The zero-order valence-electron chi connectivity index (χ0n) is 11.8. The van der Waals surface area contributed by atoms with Crippen molar-refractivity contribution in [1.29, 1.82) is 0 Å². The summed E-state index contributed by atoms with van der Waals surface area (Å²) in [4.78, 5) is 24.3. The maximum Gasteiger partial charge on any atom is 0.322 e. The van der Waals surface area contributed by atoms with E-state index >= 15 is 0 Å². The second kappa shape index (κ2) is 6.36. The van der Waals surface area contributed by atoms with E-state index in [1.807, 2.05) is 20.8 Å². The van der Waals surface area contributed by atoms with E-state index in [0.29, 0.717) is 5.69 Å². The SMILES string of the molecule is CC(C)(C)N(CCC(=O)O)C(=O)Nc1ccc(F)cc1. The number of rotatable bonds is 4. The Labute approximate surface area is 117 Å². The van der Waals surface area contributed by atoms with Gasteiger partial charge in [-0.2, -0.15) is 0 Å². The van der Waals surface area contributed by atoms with Crippen molar-refractivity contribution < 1.29 is 19.1 Å². The molecule has 0 aromatic heterocycles.